The van der Waals surface area contributed by atoms with Gasteiger partial charge < -0.3 is 10.1 Å². The highest BCUT2D eigenvalue weighted by Crippen LogP contribution is 2.41. The van der Waals surface area contributed by atoms with E-state index in [0.717, 1.165) is 47.6 Å². The molecular formula is C16H26BrN3O. The van der Waals surface area contributed by atoms with E-state index >= 15 is 0 Å². The molecule has 0 saturated heterocycles. The Morgan fingerprint density at radius 2 is 1.95 bits per heavy atom. The third-order valence-electron chi connectivity index (χ3n) is 4.08. The van der Waals surface area contributed by atoms with Gasteiger partial charge in [0.05, 0.1) is 10.2 Å². The lowest BCUT2D eigenvalue weighted by Crippen LogP contribution is -2.28. The molecule has 2 rings (SSSR count). The monoisotopic (exact) mass is 355 g/mol. The maximum absolute atomic E-state index is 5.85. The van der Waals surface area contributed by atoms with Crippen LogP contribution in [0.15, 0.2) is 4.47 Å². The van der Waals surface area contributed by atoms with Crippen LogP contribution in [0.3, 0.4) is 0 Å². The standard InChI is InChI=1S/C16H26BrN3O/c1-5-18-14-13(17)12(10-11(2)3)19-15(20-14)16(21-4)8-6-7-9-16/h11H,5-10H2,1-4H3,(H,18,19,20). The summed E-state index contributed by atoms with van der Waals surface area (Å²) in [5.41, 5.74) is 0.783. The van der Waals surface area contributed by atoms with Crippen molar-refractivity contribution in [2.24, 2.45) is 5.92 Å². The van der Waals surface area contributed by atoms with Crippen LogP contribution in [-0.2, 0) is 16.8 Å². The summed E-state index contributed by atoms with van der Waals surface area (Å²) in [6.45, 7) is 7.35. The Labute approximate surface area is 136 Å². The van der Waals surface area contributed by atoms with E-state index in [1.807, 2.05) is 0 Å². The zero-order valence-corrected chi connectivity index (χ0v) is 15.1. The van der Waals surface area contributed by atoms with Gasteiger partial charge in [-0.2, -0.15) is 0 Å². The molecule has 1 heterocycles. The lowest BCUT2D eigenvalue weighted by molar-refractivity contribution is -0.0164. The highest BCUT2D eigenvalue weighted by atomic mass is 79.9. The summed E-state index contributed by atoms with van der Waals surface area (Å²) in [5, 5.41) is 3.34. The van der Waals surface area contributed by atoms with Gasteiger partial charge in [-0.25, -0.2) is 9.97 Å². The second-order valence-corrected chi connectivity index (χ2v) is 6.98. The SMILES string of the molecule is CCNc1nc(C2(OC)CCCC2)nc(CC(C)C)c1Br. The fourth-order valence-electron chi connectivity index (χ4n) is 2.97. The molecule has 0 aromatic carbocycles. The van der Waals surface area contributed by atoms with Crippen molar-refractivity contribution in [1.29, 1.82) is 0 Å². The molecule has 0 aliphatic heterocycles. The Morgan fingerprint density at radius 3 is 2.48 bits per heavy atom. The van der Waals surface area contributed by atoms with Crippen molar-refractivity contribution in [2.75, 3.05) is 19.0 Å². The van der Waals surface area contributed by atoms with Crippen molar-refractivity contribution in [3.05, 3.63) is 16.0 Å². The third-order valence-corrected chi connectivity index (χ3v) is 4.91. The molecule has 5 heteroatoms. The van der Waals surface area contributed by atoms with Gasteiger partial charge in [0.25, 0.3) is 0 Å². The Kier molecular flexibility index (Phi) is 5.60. The molecule has 21 heavy (non-hydrogen) atoms. The molecule has 0 unspecified atom stereocenters. The van der Waals surface area contributed by atoms with Crippen molar-refractivity contribution in [2.45, 2.75) is 58.5 Å². The van der Waals surface area contributed by atoms with E-state index in [2.05, 4.69) is 42.0 Å². The van der Waals surface area contributed by atoms with E-state index in [1.165, 1.54) is 12.8 Å². The van der Waals surface area contributed by atoms with Crippen molar-refractivity contribution in [3.63, 3.8) is 0 Å². The van der Waals surface area contributed by atoms with Crippen molar-refractivity contribution >= 4 is 21.7 Å². The normalized spacial score (nSPS) is 17.4. The van der Waals surface area contributed by atoms with Gasteiger partial charge in [-0.05, 0) is 60.9 Å². The summed E-state index contributed by atoms with van der Waals surface area (Å²) in [4.78, 5) is 9.62. The number of ether oxygens (including phenoxy) is 1. The first kappa shape index (κ1) is 16.7. The number of nitrogens with one attached hydrogen (secondary N) is 1. The highest BCUT2D eigenvalue weighted by molar-refractivity contribution is 9.10. The molecular weight excluding hydrogens is 330 g/mol. The van der Waals surface area contributed by atoms with E-state index in [1.54, 1.807) is 7.11 Å². The first-order chi connectivity index (χ1) is 10.0. The van der Waals surface area contributed by atoms with Crippen LogP contribution in [0.4, 0.5) is 5.82 Å². The van der Waals surface area contributed by atoms with Crippen LogP contribution in [0.2, 0.25) is 0 Å². The largest absolute Gasteiger partial charge is 0.370 e. The highest BCUT2D eigenvalue weighted by Gasteiger charge is 2.39. The Morgan fingerprint density at radius 1 is 1.29 bits per heavy atom. The molecule has 1 aliphatic carbocycles. The summed E-state index contributed by atoms with van der Waals surface area (Å²) < 4.78 is 6.84. The van der Waals surface area contributed by atoms with E-state index < -0.39 is 0 Å². The summed E-state index contributed by atoms with van der Waals surface area (Å²) in [6.07, 6.45) is 5.33. The molecule has 118 valence electrons. The Hall–Kier alpha value is -0.680. The van der Waals surface area contributed by atoms with Crippen molar-refractivity contribution in [1.82, 2.24) is 9.97 Å². The number of anilines is 1. The number of nitrogens with zero attached hydrogens (tertiary/aromatic N) is 2. The van der Waals surface area contributed by atoms with Crippen LogP contribution in [0.1, 0.15) is 58.0 Å². The molecule has 0 atom stereocenters. The first-order valence-electron chi connectivity index (χ1n) is 7.88. The summed E-state index contributed by atoms with van der Waals surface area (Å²) in [5.74, 6) is 2.29. The number of aromatic nitrogens is 2. The van der Waals surface area contributed by atoms with Crippen LogP contribution in [0.5, 0.6) is 0 Å². The van der Waals surface area contributed by atoms with E-state index in [4.69, 9.17) is 14.7 Å². The average Bonchev–Trinajstić information content (AvgIpc) is 2.93. The zero-order valence-electron chi connectivity index (χ0n) is 13.5. The average molecular weight is 356 g/mol. The molecule has 1 aliphatic rings. The second kappa shape index (κ2) is 7.05. The van der Waals surface area contributed by atoms with Gasteiger partial charge in [0.2, 0.25) is 0 Å². The quantitative estimate of drug-likeness (QED) is 0.826. The molecule has 0 bridgehead atoms. The minimum absolute atomic E-state index is 0.295. The number of hydrogen-bond acceptors (Lipinski definition) is 4. The number of rotatable bonds is 6. The molecule has 4 nitrogen and oxygen atoms in total. The zero-order chi connectivity index (χ0) is 15.5. The predicted molar refractivity (Wildman–Crippen MR) is 89.6 cm³/mol. The Bertz CT molecular complexity index is 485. The van der Waals surface area contributed by atoms with Gasteiger partial charge in [0.1, 0.15) is 11.4 Å². The minimum atomic E-state index is -0.295. The van der Waals surface area contributed by atoms with Gasteiger partial charge in [0, 0.05) is 13.7 Å². The van der Waals surface area contributed by atoms with E-state index in [-0.39, 0.29) is 5.60 Å². The van der Waals surface area contributed by atoms with Crippen LogP contribution in [0.25, 0.3) is 0 Å². The molecule has 1 fully saturated rings. The van der Waals surface area contributed by atoms with Crippen LogP contribution in [0, 0.1) is 5.92 Å². The first-order valence-corrected chi connectivity index (χ1v) is 8.67. The fraction of sp³-hybridized carbons (Fsp3) is 0.750. The van der Waals surface area contributed by atoms with Crippen LogP contribution in [-0.4, -0.2) is 23.6 Å². The molecule has 1 aromatic heterocycles. The van der Waals surface area contributed by atoms with Crippen LogP contribution < -0.4 is 5.32 Å². The molecule has 0 radical (unpaired) electrons. The van der Waals surface area contributed by atoms with E-state index in [9.17, 15) is 0 Å². The molecule has 0 amide bonds. The Balaban J connectivity index is 2.47. The molecule has 1 saturated carbocycles. The van der Waals surface area contributed by atoms with Gasteiger partial charge in [-0.3, -0.25) is 0 Å². The predicted octanol–water partition coefficient (Wildman–Crippen LogP) is 4.29. The maximum atomic E-state index is 5.85. The van der Waals surface area contributed by atoms with E-state index in [0.29, 0.717) is 5.92 Å². The smallest absolute Gasteiger partial charge is 0.162 e. The summed E-state index contributed by atoms with van der Waals surface area (Å²) >= 11 is 3.66. The lowest BCUT2D eigenvalue weighted by atomic mass is 10.00. The van der Waals surface area contributed by atoms with Crippen molar-refractivity contribution in [3.8, 4) is 0 Å². The number of halogens is 1. The molecule has 1 aromatic rings. The summed E-state index contributed by atoms with van der Waals surface area (Å²) in [6, 6.07) is 0. The molecule has 1 N–H and O–H groups in total. The van der Waals surface area contributed by atoms with Gasteiger partial charge in [-0.1, -0.05) is 13.8 Å². The van der Waals surface area contributed by atoms with Gasteiger partial charge >= 0.3 is 0 Å². The third kappa shape index (κ3) is 3.57. The minimum Gasteiger partial charge on any atom is -0.370 e. The maximum Gasteiger partial charge on any atom is 0.162 e. The number of methoxy groups -OCH3 is 1. The fourth-order valence-corrected chi connectivity index (χ4v) is 3.45. The number of hydrogen-bond donors (Lipinski definition) is 1. The van der Waals surface area contributed by atoms with Crippen molar-refractivity contribution < 1.29 is 4.74 Å². The van der Waals surface area contributed by atoms with Gasteiger partial charge in [0.15, 0.2) is 5.82 Å². The second-order valence-electron chi connectivity index (χ2n) is 6.19. The topological polar surface area (TPSA) is 47.0 Å². The van der Waals surface area contributed by atoms with Crippen LogP contribution >= 0.6 is 15.9 Å². The lowest BCUT2D eigenvalue weighted by Gasteiger charge is -2.27. The summed E-state index contributed by atoms with van der Waals surface area (Å²) in [7, 11) is 1.78. The van der Waals surface area contributed by atoms with Gasteiger partial charge in [-0.15, -0.1) is 0 Å². The molecule has 0 spiro atoms.